The average molecular weight is 450 g/mol. The van der Waals surface area contributed by atoms with Crippen molar-refractivity contribution >= 4 is 25.7 Å². The lowest BCUT2D eigenvalue weighted by atomic mass is 10.2. The number of nitrogens with zero attached hydrogens (tertiary/aromatic N) is 3. The van der Waals surface area contributed by atoms with E-state index in [4.69, 9.17) is 4.74 Å². The Hall–Kier alpha value is -2.85. The number of rotatable bonds is 6. The van der Waals surface area contributed by atoms with E-state index in [2.05, 4.69) is 5.10 Å². The van der Waals surface area contributed by atoms with Gasteiger partial charge >= 0.3 is 0 Å². The van der Waals surface area contributed by atoms with Gasteiger partial charge in [0.1, 0.15) is 10.6 Å². The van der Waals surface area contributed by atoms with E-state index < -0.39 is 20.0 Å². The van der Waals surface area contributed by atoms with Gasteiger partial charge in [0.05, 0.1) is 29.1 Å². The minimum absolute atomic E-state index is 0.00763. The molecular weight excluding hydrogens is 426 g/mol. The summed E-state index contributed by atoms with van der Waals surface area (Å²) in [7, 11) is -5.21. The molecule has 0 N–H and O–H groups in total. The Kier molecular flexibility index (Phi) is 5.66. The largest absolute Gasteiger partial charge is 0.496 e. The van der Waals surface area contributed by atoms with Gasteiger partial charge in [-0.2, -0.15) is 17.6 Å². The van der Waals surface area contributed by atoms with Crippen molar-refractivity contribution in [2.45, 2.75) is 30.6 Å². The molecule has 3 aromatic rings. The Morgan fingerprint density at radius 3 is 2.17 bits per heavy atom. The van der Waals surface area contributed by atoms with Crippen LogP contribution in [-0.2, 0) is 20.0 Å². The SMILES string of the molecule is COc1ccc(S(=O)(=O)n2nc(C)c(S(=O)(=O)N(C)c3ccccc3)c2C)cc1C. The standard InChI is InChI=1S/C20H23N3O5S2/c1-14-13-18(11-12-19(14)28-5)29(24,25)23-16(3)20(15(2)21-23)30(26,27)22(4)17-9-7-6-8-10-17/h6-13H,1-5H3. The third kappa shape index (κ3) is 3.56. The van der Waals surface area contributed by atoms with E-state index in [-0.39, 0.29) is 21.2 Å². The van der Waals surface area contributed by atoms with Crippen LogP contribution in [0.1, 0.15) is 17.0 Å². The molecule has 160 valence electrons. The van der Waals surface area contributed by atoms with Gasteiger partial charge in [-0.1, -0.05) is 18.2 Å². The molecule has 1 aromatic heterocycles. The van der Waals surface area contributed by atoms with Crippen molar-refractivity contribution in [1.82, 2.24) is 9.19 Å². The highest BCUT2D eigenvalue weighted by molar-refractivity contribution is 7.93. The molecule has 0 aliphatic heterocycles. The van der Waals surface area contributed by atoms with Gasteiger partial charge in [-0.3, -0.25) is 4.31 Å². The molecule has 0 unspecified atom stereocenters. The third-order valence-corrected chi connectivity index (χ3v) is 8.51. The quantitative estimate of drug-likeness (QED) is 0.574. The molecule has 1 heterocycles. The molecule has 30 heavy (non-hydrogen) atoms. The molecule has 0 saturated heterocycles. The van der Waals surface area contributed by atoms with E-state index in [1.165, 1.54) is 40.1 Å². The number of anilines is 1. The maximum Gasteiger partial charge on any atom is 0.283 e. The van der Waals surface area contributed by atoms with Crippen LogP contribution in [0.25, 0.3) is 0 Å². The number of para-hydroxylation sites is 1. The van der Waals surface area contributed by atoms with Gasteiger partial charge in [-0.05, 0) is 56.7 Å². The van der Waals surface area contributed by atoms with Crippen LogP contribution in [0.5, 0.6) is 5.75 Å². The van der Waals surface area contributed by atoms with Crippen LogP contribution >= 0.6 is 0 Å². The molecule has 0 spiro atoms. The summed E-state index contributed by atoms with van der Waals surface area (Å²) in [6.07, 6.45) is 0. The Balaban J connectivity index is 2.13. The van der Waals surface area contributed by atoms with E-state index in [1.807, 2.05) is 0 Å². The van der Waals surface area contributed by atoms with Crippen molar-refractivity contribution < 1.29 is 21.6 Å². The van der Waals surface area contributed by atoms with Gasteiger partial charge in [0, 0.05) is 7.05 Å². The summed E-state index contributed by atoms with van der Waals surface area (Å²) >= 11 is 0. The molecular formula is C20H23N3O5S2. The van der Waals surface area contributed by atoms with Gasteiger partial charge in [0.2, 0.25) is 0 Å². The summed E-state index contributed by atoms with van der Waals surface area (Å²) in [6, 6.07) is 13.0. The number of hydrogen-bond donors (Lipinski definition) is 0. The van der Waals surface area contributed by atoms with Crippen LogP contribution in [0.4, 0.5) is 5.69 Å². The zero-order chi connectivity index (χ0) is 22.3. The molecule has 0 amide bonds. The molecule has 0 fully saturated rings. The number of ether oxygens (including phenoxy) is 1. The summed E-state index contributed by atoms with van der Waals surface area (Å²) in [4.78, 5) is -0.144. The molecule has 0 atom stereocenters. The fourth-order valence-electron chi connectivity index (χ4n) is 3.24. The Labute approximate surface area is 176 Å². The molecule has 0 aliphatic rings. The Bertz CT molecular complexity index is 1300. The van der Waals surface area contributed by atoms with E-state index in [0.717, 1.165) is 8.39 Å². The fourth-order valence-corrected chi connectivity index (χ4v) is 6.29. The van der Waals surface area contributed by atoms with Crippen LogP contribution in [0.2, 0.25) is 0 Å². The lowest BCUT2D eigenvalue weighted by Gasteiger charge is -2.19. The first kappa shape index (κ1) is 21.8. The number of hydrogen-bond acceptors (Lipinski definition) is 6. The molecule has 8 nitrogen and oxygen atoms in total. The van der Waals surface area contributed by atoms with Gasteiger partial charge in [0.15, 0.2) is 0 Å². The van der Waals surface area contributed by atoms with E-state index in [1.54, 1.807) is 43.3 Å². The predicted molar refractivity (Wildman–Crippen MR) is 114 cm³/mol. The first-order valence-corrected chi connectivity index (χ1v) is 11.9. The summed E-state index contributed by atoms with van der Waals surface area (Å²) in [5.74, 6) is 0.551. The van der Waals surface area contributed by atoms with Crippen molar-refractivity contribution in [3.05, 3.63) is 65.5 Å². The normalized spacial score (nSPS) is 12.0. The predicted octanol–water partition coefficient (Wildman–Crippen LogP) is 2.88. The highest BCUT2D eigenvalue weighted by Crippen LogP contribution is 2.29. The molecule has 0 saturated carbocycles. The first-order chi connectivity index (χ1) is 14.0. The van der Waals surface area contributed by atoms with Crippen molar-refractivity contribution in [1.29, 1.82) is 0 Å². The second-order valence-corrected chi connectivity index (χ2v) is 10.5. The third-order valence-electron chi connectivity index (χ3n) is 4.82. The number of aromatic nitrogens is 2. The van der Waals surface area contributed by atoms with Gasteiger partial charge < -0.3 is 4.74 Å². The molecule has 0 bridgehead atoms. The topological polar surface area (TPSA) is 98.6 Å². The van der Waals surface area contributed by atoms with Crippen molar-refractivity contribution in [2.75, 3.05) is 18.5 Å². The average Bonchev–Trinajstić information content (AvgIpc) is 3.03. The van der Waals surface area contributed by atoms with Crippen LogP contribution in [0.15, 0.2) is 58.3 Å². The van der Waals surface area contributed by atoms with E-state index in [9.17, 15) is 16.8 Å². The highest BCUT2D eigenvalue weighted by Gasteiger charge is 2.33. The van der Waals surface area contributed by atoms with E-state index in [0.29, 0.717) is 17.0 Å². The van der Waals surface area contributed by atoms with Crippen molar-refractivity contribution in [3.8, 4) is 5.75 Å². The maximum atomic E-state index is 13.2. The van der Waals surface area contributed by atoms with Gasteiger partial charge in [-0.25, -0.2) is 8.42 Å². The second kappa shape index (κ2) is 7.77. The summed E-state index contributed by atoms with van der Waals surface area (Å²) in [5, 5.41) is 4.06. The lowest BCUT2D eigenvalue weighted by molar-refractivity contribution is 0.411. The second-order valence-electron chi connectivity index (χ2n) is 6.79. The minimum atomic E-state index is -4.10. The van der Waals surface area contributed by atoms with E-state index >= 15 is 0 Å². The van der Waals surface area contributed by atoms with Crippen LogP contribution in [-0.4, -0.2) is 40.2 Å². The Morgan fingerprint density at radius 1 is 0.967 bits per heavy atom. The van der Waals surface area contributed by atoms with Gasteiger partial charge in [0.25, 0.3) is 20.0 Å². The summed E-state index contributed by atoms with van der Waals surface area (Å²) in [5.41, 5.74) is 1.21. The summed E-state index contributed by atoms with van der Waals surface area (Å²) in [6.45, 7) is 4.63. The maximum absolute atomic E-state index is 13.2. The number of sulfonamides is 1. The van der Waals surface area contributed by atoms with Gasteiger partial charge in [-0.15, -0.1) is 0 Å². The van der Waals surface area contributed by atoms with Crippen LogP contribution in [0.3, 0.4) is 0 Å². The molecule has 0 radical (unpaired) electrons. The minimum Gasteiger partial charge on any atom is -0.496 e. The molecule has 0 aliphatic carbocycles. The Morgan fingerprint density at radius 2 is 1.60 bits per heavy atom. The van der Waals surface area contributed by atoms with Crippen molar-refractivity contribution in [3.63, 3.8) is 0 Å². The fraction of sp³-hybridized carbons (Fsp3) is 0.250. The zero-order valence-electron chi connectivity index (χ0n) is 17.3. The number of aryl methyl sites for hydroxylation is 2. The highest BCUT2D eigenvalue weighted by atomic mass is 32.2. The van der Waals surface area contributed by atoms with Crippen molar-refractivity contribution in [2.24, 2.45) is 0 Å². The molecule has 3 rings (SSSR count). The van der Waals surface area contributed by atoms with Crippen LogP contribution < -0.4 is 9.04 Å². The summed E-state index contributed by atoms with van der Waals surface area (Å²) < 4.78 is 59.9. The number of benzene rings is 2. The zero-order valence-corrected chi connectivity index (χ0v) is 19.0. The van der Waals surface area contributed by atoms with Crippen LogP contribution in [0, 0.1) is 20.8 Å². The monoisotopic (exact) mass is 449 g/mol. The lowest BCUT2D eigenvalue weighted by Crippen LogP contribution is -2.27. The number of methoxy groups -OCH3 is 1. The first-order valence-electron chi connectivity index (χ1n) is 9.02. The smallest absolute Gasteiger partial charge is 0.283 e. The molecule has 2 aromatic carbocycles. The molecule has 10 heteroatoms.